The minimum absolute atomic E-state index is 0. The SMILES string of the molecule is CC(C)CC(=O)/C=C(\O)CC(C)C.Cc1[c-]c(-c2nccc3cc(CC(C)C)ccc23)c2oc3nc(C)ccc3c2c1.[Ir]. The number of fused-ring (bicyclic) bond motifs is 4. The molecule has 3 aromatic heterocycles. The molecule has 1 radical (unpaired) electrons. The van der Waals surface area contributed by atoms with Crippen LogP contribution >= 0.6 is 0 Å². The fraction of sp³-hybridized carbons (Fsp3) is 0.378. The van der Waals surface area contributed by atoms with E-state index < -0.39 is 0 Å². The van der Waals surface area contributed by atoms with Crippen LogP contribution in [0.1, 0.15) is 71.2 Å². The van der Waals surface area contributed by atoms with Gasteiger partial charge in [0.15, 0.2) is 5.78 Å². The first kappa shape index (κ1) is 34.2. The smallest absolute Gasteiger partial charge is 0.216 e. The zero-order valence-electron chi connectivity index (χ0n) is 26.5. The average molecular weight is 756 g/mol. The minimum atomic E-state index is 0. The normalized spacial score (nSPS) is 11.8. The molecule has 0 aliphatic rings. The van der Waals surface area contributed by atoms with Crippen molar-refractivity contribution in [2.75, 3.05) is 0 Å². The van der Waals surface area contributed by atoms with Crippen molar-refractivity contribution in [2.45, 2.75) is 74.7 Å². The topological polar surface area (TPSA) is 76.2 Å². The minimum Gasteiger partial charge on any atom is -0.512 e. The quantitative estimate of drug-likeness (QED) is 0.0970. The van der Waals surface area contributed by atoms with Crippen LogP contribution in [0.4, 0.5) is 0 Å². The van der Waals surface area contributed by atoms with Crippen LogP contribution in [0.2, 0.25) is 0 Å². The van der Waals surface area contributed by atoms with Crippen LogP contribution in [0.25, 0.3) is 44.1 Å². The molecule has 0 aliphatic carbocycles. The standard InChI is InChI=1S/C26H23N2O.C11H20O2.Ir/c1-15(2)11-18-6-8-20-19(14-18)9-10-27-24(20)23-13-16(3)12-22-21-7-5-17(4)28-26(21)29-25(22)23;1-8(2)5-10(12)7-11(13)6-9(3)4;/h5-10,12,14-15H,11H2,1-4H3;7-9,12H,5-6H2,1-4H3;/q-1;;/b;10-7-;. The number of carbonyl (C=O) groups excluding carboxylic acids is 1. The molecule has 0 fully saturated rings. The molecule has 6 heteroatoms. The molecular formula is C37H43IrN2O3-. The van der Waals surface area contributed by atoms with E-state index in [-0.39, 0.29) is 31.6 Å². The Labute approximate surface area is 269 Å². The number of ketones is 1. The second kappa shape index (κ2) is 14.9. The monoisotopic (exact) mass is 756 g/mol. The number of rotatable bonds is 8. The van der Waals surface area contributed by atoms with E-state index in [0.717, 1.165) is 50.7 Å². The number of carbonyl (C=O) groups is 1. The van der Waals surface area contributed by atoms with Crippen LogP contribution in [0.5, 0.6) is 0 Å². The number of hydrogen-bond acceptors (Lipinski definition) is 5. The molecule has 43 heavy (non-hydrogen) atoms. The van der Waals surface area contributed by atoms with Gasteiger partial charge in [-0.2, -0.15) is 0 Å². The average Bonchev–Trinajstić information content (AvgIpc) is 3.24. The van der Waals surface area contributed by atoms with Crippen molar-refractivity contribution >= 4 is 38.6 Å². The van der Waals surface area contributed by atoms with E-state index in [2.05, 4.69) is 68.2 Å². The van der Waals surface area contributed by atoms with Gasteiger partial charge in [0.25, 0.3) is 0 Å². The Morgan fingerprint density at radius 1 is 0.907 bits per heavy atom. The van der Waals surface area contributed by atoms with Crippen molar-refractivity contribution in [1.29, 1.82) is 0 Å². The number of furan rings is 1. The molecule has 5 nitrogen and oxygen atoms in total. The molecule has 229 valence electrons. The van der Waals surface area contributed by atoms with Crippen molar-refractivity contribution < 1.29 is 34.4 Å². The Kier molecular flexibility index (Phi) is 11.8. The van der Waals surface area contributed by atoms with Gasteiger partial charge in [-0.1, -0.05) is 77.6 Å². The predicted octanol–water partition coefficient (Wildman–Crippen LogP) is 9.90. The van der Waals surface area contributed by atoms with E-state index in [1.54, 1.807) is 0 Å². The molecule has 0 amide bonds. The van der Waals surface area contributed by atoms with E-state index >= 15 is 0 Å². The number of benzene rings is 2. The van der Waals surface area contributed by atoms with Gasteiger partial charge in [-0.15, -0.1) is 17.7 Å². The molecular weight excluding hydrogens is 713 g/mol. The molecule has 3 heterocycles. The summed E-state index contributed by atoms with van der Waals surface area (Å²) < 4.78 is 6.22. The van der Waals surface area contributed by atoms with Gasteiger partial charge in [-0.3, -0.25) is 4.79 Å². The molecule has 0 aliphatic heterocycles. The molecule has 0 atom stereocenters. The van der Waals surface area contributed by atoms with Crippen molar-refractivity contribution in [1.82, 2.24) is 9.97 Å². The Hall–Kier alpha value is -3.34. The number of aromatic nitrogens is 2. The van der Waals surface area contributed by atoms with E-state index in [1.807, 2.05) is 46.9 Å². The first-order valence-electron chi connectivity index (χ1n) is 14.9. The van der Waals surface area contributed by atoms with Crippen molar-refractivity contribution in [3.8, 4) is 11.3 Å². The maximum absolute atomic E-state index is 11.2. The molecule has 0 saturated carbocycles. The van der Waals surface area contributed by atoms with Gasteiger partial charge >= 0.3 is 0 Å². The van der Waals surface area contributed by atoms with Crippen LogP contribution in [-0.2, 0) is 31.3 Å². The maximum atomic E-state index is 11.2. The number of aliphatic hydroxyl groups excluding tert-OH is 1. The molecule has 5 rings (SSSR count). The van der Waals surface area contributed by atoms with Crippen LogP contribution in [0.15, 0.2) is 64.9 Å². The summed E-state index contributed by atoms with van der Waals surface area (Å²) in [4.78, 5) is 20.5. The summed E-state index contributed by atoms with van der Waals surface area (Å²) in [6.45, 7) is 16.5. The third-order valence-electron chi connectivity index (χ3n) is 6.91. The van der Waals surface area contributed by atoms with E-state index in [0.29, 0.717) is 36.3 Å². The second-order valence-corrected chi connectivity index (χ2v) is 12.6. The van der Waals surface area contributed by atoms with E-state index in [9.17, 15) is 9.90 Å². The van der Waals surface area contributed by atoms with Gasteiger partial charge in [0.05, 0.1) is 11.3 Å². The summed E-state index contributed by atoms with van der Waals surface area (Å²) in [7, 11) is 0. The summed E-state index contributed by atoms with van der Waals surface area (Å²) in [6.07, 6.45) is 5.42. The number of pyridine rings is 2. The van der Waals surface area contributed by atoms with E-state index in [4.69, 9.17) is 9.40 Å². The fourth-order valence-corrected chi connectivity index (χ4v) is 5.24. The molecule has 0 spiro atoms. The first-order chi connectivity index (χ1) is 19.9. The van der Waals surface area contributed by atoms with Gasteiger partial charge in [0, 0.05) is 56.3 Å². The third kappa shape index (κ3) is 8.84. The van der Waals surface area contributed by atoms with Gasteiger partial charge in [-0.25, -0.2) is 4.98 Å². The van der Waals surface area contributed by atoms with Crippen molar-refractivity contribution in [2.24, 2.45) is 17.8 Å². The predicted molar refractivity (Wildman–Crippen MR) is 174 cm³/mol. The number of aryl methyl sites for hydroxylation is 2. The van der Waals surface area contributed by atoms with Crippen LogP contribution < -0.4 is 0 Å². The Bertz CT molecular complexity index is 1750. The van der Waals surface area contributed by atoms with Crippen LogP contribution in [0, 0.1) is 37.7 Å². The zero-order chi connectivity index (χ0) is 30.6. The summed E-state index contributed by atoms with van der Waals surface area (Å²) in [6, 6.07) is 18.5. The zero-order valence-corrected chi connectivity index (χ0v) is 28.9. The summed E-state index contributed by atoms with van der Waals surface area (Å²) in [5, 5.41) is 13.8. The molecule has 1 N–H and O–H groups in total. The molecule has 0 bridgehead atoms. The molecule has 5 aromatic rings. The van der Waals surface area contributed by atoms with Gasteiger partial charge in [-0.05, 0) is 71.3 Å². The van der Waals surface area contributed by atoms with Crippen molar-refractivity contribution in [3.05, 3.63) is 83.4 Å². The van der Waals surface area contributed by atoms with Crippen molar-refractivity contribution in [3.63, 3.8) is 0 Å². The fourth-order valence-electron chi connectivity index (χ4n) is 5.24. The molecule has 0 saturated heterocycles. The number of nitrogens with zero attached hydrogens (tertiary/aromatic N) is 2. The van der Waals surface area contributed by atoms with Crippen LogP contribution in [-0.4, -0.2) is 20.9 Å². The largest absolute Gasteiger partial charge is 0.512 e. The Morgan fingerprint density at radius 2 is 1.60 bits per heavy atom. The molecule has 0 unspecified atom stereocenters. The third-order valence-corrected chi connectivity index (χ3v) is 6.91. The maximum Gasteiger partial charge on any atom is 0.216 e. The van der Waals surface area contributed by atoms with Crippen LogP contribution in [0.3, 0.4) is 0 Å². The summed E-state index contributed by atoms with van der Waals surface area (Å²) in [5.41, 5.74) is 6.63. The summed E-state index contributed by atoms with van der Waals surface area (Å²) >= 11 is 0. The van der Waals surface area contributed by atoms with Gasteiger partial charge in [0.1, 0.15) is 0 Å². The molecule has 2 aromatic carbocycles. The number of allylic oxidation sites excluding steroid dienone is 2. The van der Waals surface area contributed by atoms with E-state index in [1.165, 1.54) is 17.0 Å². The summed E-state index contributed by atoms with van der Waals surface area (Å²) in [5.74, 6) is 1.61. The number of hydrogen-bond donors (Lipinski definition) is 1. The second-order valence-electron chi connectivity index (χ2n) is 12.6. The first-order valence-corrected chi connectivity index (χ1v) is 14.9. The van der Waals surface area contributed by atoms with Gasteiger partial charge < -0.3 is 14.5 Å². The van der Waals surface area contributed by atoms with Gasteiger partial charge in [0.2, 0.25) is 5.71 Å². The number of aliphatic hydroxyl groups is 1. The Morgan fingerprint density at radius 3 is 2.28 bits per heavy atom. The Balaban J connectivity index is 0.000000310.